The van der Waals surface area contributed by atoms with Crippen LogP contribution in [0.5, 0.6) is 0 Å². The number of rotatable bonds is 6. The van der Waals surface area contributed by atoms with Gasteiger partial charge in [0, 0.05) is 23.4 Å². The zero-order chi connectivity index (χ0) is 21.3. The number of carbonyl (C=O) groups excluding carboxylic acids is 1. The molecule has 0 aliphatic heterocycles. The Kier molecular flexibility index (Phi) is 5.64. The van der Waals surface area contributed by atoms with E-state index in [2.05, 4.69) is 10.4 Å². The molecule has 1 aliphatic rings. The molecule has 1 fully saturated rings. The van der Waals surface area contributed by atoms with E-state index >= 15 is 0 Å². The summed E-state index contributed by atoms with van der Waals surface area (Å²) < 4.78 is 27.9. The second-order valence-electron chi connectivity index (χ2n) is 8.36. The third-order valence-corrected chi connectivity index (χ3v) is 7.24. The minimum absolute atomic E-state index is 0.120. The predicted octanol–water partition coefficient (Wildman–Crippen LogP) is 4.32. The van der Waals surface area contributed by atoms with Gasteiger partial charge in [0.15, 0.2) is 0 Å². The molecule has 3 aromatic rings. The van der Waals surface area contributed by atoms with Gasteiger partial charge in [-0.2, -0.15) is 17.6 Å². The van der Waals surface area contributed by atoms with E-state index in [1.807, 2.05) is 32.0 Å². The molecule has 0 spiro atoms. The molecule has 0 saturated heterocycles. The molecule has 0 bridgehead atoms. The Bertz CT molecular complexity index is 1160. The lowest BCUT2D eigenvalue weighted by molar-refractivity contribution is 0.0949. The standard InChI is InChI=1S/C23H27N3O3S/c1-16(2)15-24-23(27)18-11-13-19(14-12-18)30(28,29)26-21-10-6-5-9-20(21)22(25-26)17-7-3-4-8-17/h5-6,9-14,16-17H,3-4,7-8,15H2,1-2H3,(H,24,27). The van der Waals surface area contributed by atoms with Gasteiger partial charge in [0.25, 0.3) is 15.9 Å². The highest BCUT2D eigenvalue weighted by Crippen LogP contribution is 2.37. The number of carbonyl (C=O) groups is 1. The van der Waals surface area contributed by atoms with Crippen molar-refractivity contribution < 1.29 is 13.2 Å². The van der Waals surface area contributed by atoms with Gasteiger partial charge in [0.2, 0.25) is 0 Å². The van der Waals surface area contributed by atoms with Crippen LogP contribution >= 0.6 is 0 Å². The Morgan fingerprint density at radius 2 is 1.77 bits per heavy atom. The Morgan fingerprint density at radius 1 is 1.10 bits per heavy atom. The maximum absolute atomic E-state index is 13.4. The van der Waals surface area contributed by atoms with Crippen molar-refractivity contribution in [2.45, 2.75) is 50.3 Å². The molecule has 1 aliphatic carbocycles. The van der Waals surface area contributed by atoms with Crippen LogP contribution in [-0.4, -0.2) is 30.1 Å². The third-order valence-electron chi connectivity index (χ3n) is 5.64. The monoisotopic (exact) mass is 425 g/mol. The molecular weight excluding hydrogens is 398 g/mol. The van der Waals surface area contributed by atoms with Crippen molar-refractivity contribution in [3.8, 4) is 0 Å². The number of aromatic nitrogens is 2. The first kappa shape index (κ1) is 20.6. The number of benzene rings is 2. The molecule has 158 valence electrons. The summed E-state index contributed by atoms with van der Waals surface area (Å²) >= 11 is 0. The van der Waals surface area contributed by atoms with E-state index < -0.39 is 10.0 Å². The molecule has 6 nitrogen and oxygen atoms in total. The van der Waals surface area contributed by atoms with E-state index in [4.69, 9.17) is 0 Å². The third kappa shape index (κ3) is 3.86. The first-order valence-corrected chi connectivity index (χ1v) is 11.9. The molecule has 1 aromatic heterocycles. The first-order chi connectivity index (χ1) is 14.4. The van der Waals surface area contributed by atoms with E-state index in [9.17, 15) is 13.2 Å². The minimum atomic E-state index is -3.87. The summed E-state index contributed by atoms with van der Waals surface area (Å²) in [5.41, 5.74) is 1.90. The van der Waals surface area contributed by atoms with E-state index in [1.54, 1.807) is 18.2 Å². The van der Waals surface area contributed by atoms with Gasteiger partial charge in [-0.3, -0.25) is 4.79 Å². The Balaban J connectivity index is 1.68. The van der Waals surface area contributed by atoms with E-state index in [1.165, 1.54) is 12.1 Å². The number of amides is 1. The number of hydrogen-bond donors (Lipinski definition) is 1. The highest BCUT2D eigenvalue weighted by atomic mass is 32.2. The number of nitrogens with zero attached hydrogens (tertiary/aromatic N) is 2. The maximum Gasteiger partial charge on any atom is 0.283 e. The Hall–Kier alpha value is -2.67. The van der Waals surface area contributed by atoms with Gasteiger partial charge in [-0.15, -0.1) is 0 Å². The van der Waals surface area contributed by atoms with Crippen molar-refractivity contribution in [1.29, 1.82) is 0 Å². The topological polar surface area (TPSA) is 81.1 Å². The highest BCUT2D eigenvalue weighted by molar-refractivity contribution is 7.90. The number of para-hydroxylation sites is 1. The molecule has 2 aromatic carbocycles. The lowest BCUT2D eigenvalue weighted by Crippen LogP contribution is -2.27. The largest absolute Gasteiger partial charge is 0.352 e. The van der Waals surface area contributed by atoms with Crippen molar-refractivity contribution in [3.05, 3.63) is 59.8 Å². The molecule has 1 saturated carbocycles. The van der Waals surface area contributed by atoms with Crippen molar-refractivity contribution in [1.82, 2.24) is 14.5 Å². The van der Waals surface area contributed by atoms with Gasteiger partial charge in [0.1, 0.15) is 0 Å². The molecule has 0 radical (unpaired) electrons. The zero-order valence-corrected chi connectivity index (χ0v) is 18.2. The van der Waals surface area contributed by atoms with E-state index in [-0.39, 0.29) is 10.8 Å². The average Bonchev–Trinajstić information content (AvgIpc) is 3.40. The summed E-state index contributed by atoms with van der Waals surface area (Å²) in [5, 5.41) is 8.32. The number of fused-ring (bicyclic) bond motifs is 1. The average molecular weight is 426 g/mol. The molecule has 0 atom stereocenters. The lowest BCUT2D eigenvalue weighted by atomic mass is 10.0. The van der Waals surface area contributed by atoms with Crippen LogP contribution in [0.2, 0.25) is 0 Å². The normalized spacial score (nSPS) is 15.2. The van der Waals surface area contributed by atoms with Gasteiger partial charge in [-0.05, 0) is 49.1 Å². The van der Waals surface area contributed by atoms with E-state index in [0.29, 0.717) is 29.5 Å². The summed E-state index contributed by atoms with van der Waals surface area (Å²) in [7, 11) is -3.87. The van der Waals surface area contributed by atoms with Crippen LogP contribution in [0.25, 0.3) is 10.9 Å². The van der Waals surface area contributed by atoms with Crippen LogP contribution in [0.4, 0.5) is 0 Å². The molecule has 1 amide bonds. The van der Waals surface area contributed by atoms with Gasteiger partial charge in [0.05, 0.1) is 16.1 Å². The fourth-order valence-electron chi connectivity index (χ4n) is 4.02. The molecule has 1 heterocycles. The van der Waals surface area contributed by atoms with Crippen LogP contribution in [0.3, 0.4) is 0 Å². The summed E-state index contributed by atoms with van der Waals surface area (Å²) in [6, 6.07) is 13.5. The molecular formula is C23H27N3O3S. The van der Waals surface area contributed by atoms with Crippen LogP contribution in [0.1, 0.15) is 61.5 Å². The Morgan fingerprint density at radius 3 is 2.43 bits per heavy atom. The van der Waals surface area contributed by atoms with Crippen molar-refractivity contribution in [3.63, 3.8) is 0 Å². The van der Waals surface area contributed by atoms with Gasteiger partial charge < -0.3 is 5.32 Å². The minimum Gasteiger partial charge on any atom is -0.352 e. The second kappa shape index (κ2) is 8.22. The maximum atomic E-state index is 13.4. The van der Waals surface area contributed by atoms with Crippen LogP contribution in [0.15, 0.2) is 53.4 Å². The molecule has 4 rings (SSSR count). The number of nitrogens with one attached hydrogen (secondary N) is 1. The first-order valence-electron chi connectivity index (χ1n) is 10.5. The Labute approximate surface area is 177 Å². The van der Waals surface area contributed by atoms with Crippen molar-refractivity contribution in [2.24, 2.45) is 5.92 Å². The smallest absolute Gasteiger partial charge is 0.283 e. The molecule has 1 N–H and O–H groups in total. The lowest BCUT2D eigenvalue weighted by Gasteiger charge is -2.09. The van der Waals surface area contributed by atoms with Crippen LogP contribution < -0.4 is 5.32 Å². The second-order valence-corrected chi connectivity index (χ2v) is 10.1. The SMILES string of the molecule is CC(C)CNC(=O)c1ccc(S(=O)(=O)n2nc(C3CCCC3)c3ccccc32)cc1. The summed E-state index contributed by atoms with van der Waals surface area (Å²) in [6.45, 7) is 4.61. The van der Waals surface area contributed by atoms with E-state index in [0.717, 1.165) is 40.9 Å². The predicted molar refractivity (Wildman–Crippen MR) is 117 cm³/mol. The molecule has 0 unspecified atom stereocenters. The fourth-order valence-corrected chi connectivity index (χ4v) is 5.32. The van der Waals surface area contributed by atoms with Gasteiger partial charge >= 0.3 is 0 Å². The summed E-state index contributed by atoms with van der Waals surface area (Å²) in [5.74, 6) is 0.440. The molecule has 30 heavy (non-hydrogen) atoms. The summed E-state index contributed by atoms with van der Waals surface area (Å²) in [6.07, 6.45) is 4.39. The number of hydrogen-bond acceptors (Lipinski definition) is 4. The van der Waals surface area contributed by atoms with Crippen LogP contribution in [0, 0.1) is 5.92 Å². The van der Waals surface area contributed by atoms with Gasteiger partial charge in [-0.1, -0.05) is 44.9 Å². The molecule has 7 heteroatoms. The van der Waals surface area contributed by atoms with Crippen molar-refractivity contribution in [2.75, 3.05) is 6.54 Å². The highest BCUT2D eigenvalue weighted by Gasteiger charge is 2.27. The quantitative estimate of drug-likeness (QED) is 0.638. The summed E-state index contributed by atoms with van der Waals surface area (Å²) in [4.78, 5) is 12.3. The fraction of sp³-hybridized carbons (Fsp3) is 0.391. The van der Waals surface area contributed by atoms with Crippen LogP contribution in [-0.2, 0) is 10.0 Å². The van der Waals surface area contributed by atoms with Crippen molar-refractivity contribution >= 4 is 26.8 Å². The zero-order valence-electron chi connectivity index (χ0n) is 17.3. The van der Waals surface area contributed by atoms with Gasteiger partial charge in [-0.25, -0.2) is 0 Å².